The van der Waals surface area contributed by atoms with Crippen LogP contribution in [0.1, 0.15) is 66.0 Å². The van der Waals surface area contributed by atoms with Crippen LogP contribution in [0.3, 0.4) is 0 Å². The Hall–Kier alpha value is -0.900. The zero-order chi connectivity index (χ0) is 15.9. The highest BCUT2D eigenvalue weighted by atomic mass is 15.4. The van der Waals surface area contributed by atoms with Gasteiger partial charge in [-0.05, 0) is 51.7 Å². The van der Waals surface area contributed by atoms with Crippen LogP contribution < -0.4 is 0 Å². The first-order chi connectivity index (χ1) is 10.0. The van der Waals surface area contributed by atoms with E-state index in [-0.39, 0.29) is 5.41 Å². The van der Waals surface area contributed by atoms with E-state index in [1.807, 2.05) is 18.5 Å². The van der Waals surface area contributed by atoms with Gasteiger partial charge in [-0.3, -0.25) is 4.68 Å². The molecule has 0 unspecified atom stereocenters. The fourth-order valence-electron chi connectivity index (χ4n) is 2.56. The van der Waals surface area contributed by atoms with Gasteiger partial charge in [-0.2, -0.15) is 0 Å². The average molecular weight is 294 g/mol. The van der Waals surface area contributed by atoms with Crippen molar-refractivity contribution in [2.75, 3.05) is 20.1 Å². The Labute approximate surface area is 130 Å². The average Bonchev–Trinajstić information content (AvgIpc) is 2.98. The van der Waals surface area contributed by atoms with Crippen LogP contribution in [-0.4, -0.2) is 40.0 Å². The van der Waals surface area contributed by atoms with Crippen molar-refractivity contribution in [2.45, 2.75) is 72.3 Å². The third-order valence-corrected chi connectivity index (χ3v) is 4.72. The van der Waals surface area contributed by atoms with Crippen LogP contribution in [0.4, 0.5) is 0 Å². The van der Waals surface area contributed by atoms with Crippen LogP contribution in [0, 0.1) is 5.92 Å². The van der Waals surface area contributed by atoms with E-state index in [4.69, 9.17) is 0 Å². The number of likely N-dealkylation sites (tertiary alicyclic amines) is 1. The van der Waals surface area contributed by atoms with Crippen LogP contribution in [0.5, 0.6) is 0 Å². The second-order valence-electron chi connectivity index (χ2n) is 6.64. The fourth-order valence-corrected chi connectivity index (χ4v) is 2.56. The minimum absolute atomic E-state index is 0.145. The molecule has 0 saturated carbocycles. The Morgan fingerprint density at radius 1 is 1.24 bits per heavy atom. The van der Waals surface area contributed by atoms with Gasteiger partial charge >= 0.3 is 0 Å². The molecular weight excluding hydrogens is 260 g/mol. The molecule has 2 rings (SSSR count). The topological polar surface area (TPSA) is 34.0 Å². The number of hydrogen-bond donors (Lipinski definition) is 0. The Balaban J connectivity index is 0.00000106. The van der Waals surface area contributed by atoms with E-state index in [9.17, 15) is 0 Å². The van der Waals surface area contributed by atoms with Crippen molar-refractivity contribution in [1.29, 1.82) is 0 Å². The fraction of sp³-hybridized carbons (Fsp3) is 0.882. The smallest absolute Gasteiger partial charge is 0.0883 e. The van der Waals surface area contributed by atoms with Gasteiger partial charge in [0.2, 0.25) is 0 Å². The van der Waals surface area contributed by atoms with Gasteiger partial charge in [0.1, 0.15) is 0 Å². The number of rotatable bonds is 5. The summed E-state index contributed by atoms with van der Waals surface area (Å²) in [6.45, 7) is 14.2. The van der Waals surface area contributed by atoms with E-state index >= 15 is 0 Å². The lowest BCUT2D eigenvalue weighted by atomic mass is 9.87. The molecule has 1 aromatic heterocycles. The van der Waals surface area contributed by atoms with Gasteiger partial charge in [0, 0.05) is 18.2 Å². The van der Waals surface area contributed by atoms with Crippen LogP contribution in [0.15, 0.2) is 6.20 Å². The summed E-state index contributed by atoms with van der Waals surface area (Å²) < 4.78 is 2.03. The van der Waals surface area contributed by atoms with Crippen molar-refractivity contribution in [3.63, 3.8) is 0 Å². The van der Waals surface area contributed by atoms with E-state index in [1.165, 1.54) is 32.4 Å². The first-order valence-corrected chi connectivity index (χ1v) is 8.60. The highest BCUT2D eigenvalue weighted by Gasteiger charge is 2.22. The summed E-state index contributed by atoms with van der Waals surface area (Å²) in [6.07, 6.45) is 7.14. The number of aryl methyl sites for hydroxylation is 1. The third-order valence-electron chi connectivity index (χ3n) is 4.72. The van der Waals surface area contributed by atoms with E-state index in [0.717, 1.165) is 24.6 Å². The lowest BCUT2D eigenvalue weighted by Crippen LogP contribution is -2.30. The van der Waals surface area contributed by atoms with E-state index < -0.39 is 0 Å². The van der Waals surface area contributed by atoms with Gasteiger partial charge in [0.15, 0.2) is 0 Å². The standard InChI is InChI=1S/C15H28N4.C2H6/c1-5-15(2,3)14-12-19(17-16-14)11-8-13-6-9-18(4)10-7-13;1-2/h12-13H,5-11H2,1-4H3;1-2H3. The van der Waals surface area contributed by atoms with Crippen molar-refractivity contribution in [2.24, 2.45) is 5.92 Å². The summed E-state index contributed by atoms with van der Waals surface area (Å²) in [6, 6.07) is 0. The summed E-state index contributed by atoms with van der Waals surface area (Å²) >= 11 is 0. The third kappa shape index (κ3) is 5.42. The zero-order valence-corrected chi connectivity index (χ0v) is 14.9. The first kappa shape index (κ1) is 18.1. The number of nitrogens with zero attached hydrogens (tertiary/aromatic N) is 4. The molecule has 0 aliphatic carbocycles. The minimum Gasteiger partial charge on any atom is -0.306 e. The van der Waals surface area contributed by atoms with Gasteiger partial charge in [-0.25, -0.2) is 0 Å². The quantitative estimate of drug-likeness (QED) is 0.830. The largest absolute Gasteiger partial charge is 0.306 e. The van der Waals surface area contributed by atoms with Crippen LogP contribution in [0.25, 0.3) is 0 Å². The predicted molar refractivity (Wildman–Crippen MR) is 89.5 cm³/mol. The van der Waals surface area contributed by atoms with Crippen LogP contribution in [-0.2, 0) is 12.0 Å². The van der Waals surface area contributed by atoms with Gasteiger partial charge in [0.25, 0.3) is 0 Å². The normalized spacial score (nSPS) is 17.4. The molecule has 0 N–H and O–H groups in total. The maximum atomic E-state index is 4.34. The Morgan fingerprint density at radius 2 is 1.86 bits per heavy atom. The van der Waals surface area contributed by atoms with Crippen molar-refractivity contribution in [1.82, 2.24) is 19.9 Å². The molecule has 0 radical (unpaired) electrons. The molecule has 4 heteroatoms. The molecule has 0 spiro atoms. The monoisotopic (exact) mass is 294 g/mol. The molecule has 122 valence electrons. The number of hydrogen-bond acceptors (Lipinski definition) is 3. The maximum absolute atomic E-state index is 4.34. The molecule has 1 saturated heterocycles. The molecule has 0 aromatic carbocycles. The molecule has 1 aliphatic rings. The predicted octanol–water partition coefficient (Wildman–Crippen LogP) is 3.72. The molecule has 1 fully saturated rings. The van der Waals surface area contributed by atoms with Gasteiger partial charge in [0.05, 0.1) is 5.69 Å². The lowest BCUT2D eigenvalue weighted by molar-refractivity contribution is 0.206. The van der Waals surface area contributed by atoms with Crippen molar-refractivity contribution < 1.29 is 0 Å². The summed E-state index contributed by atoms with van der Waals surface area (Å²) in [7, 11) is 2.22. The molecule has 0 amide bonds. The Morgan fingerprint density at radius 3 is 2.43 bits per heavy atom. The summed E-state index contributed by atoms with van der Waals surface area (Å²) in [5, 5.41) is 8.63. The van der Waals surface area contributed by atoms with Crippen molar-refractivity contribution in [3.8, 4) is 0 Å². The SMILES string of the molecule is CC.CCC(C)(C)c1cn(CCC2CCN(C)CC2)nn1. The van der Waals surface area contributed by atoms with E-state index in [2.05, 4.69) is 49.2 Å². The molecule has 2 heterocycles. The molecule has 0 atom stereocenters. The second kappa shape index (κ2) is 8.52. The summed E-state index contributed by atoms with van der Waals surface area (Å²) in [5.41, 5.74) is 1.27. The summed E-state index contributed by atoms with van der Waals surface area (Å²) in [5.74, 6) is 0.864. The molecule has 0 bridgehead atoms. The van der Waals surface area contributed by atoms with Gasteiger partial charge in [-0.15, -0.1) is 5.10 Å². The second-order valence-corrected chi connectivity index (χ2v) is 6.64. The molecule has 1 aliphatic heterocycles. The zero-order valence-electron chi connectivity index (χ0n) is 14.9. The number of aromatic nitrogens is 3. The molecule has 4 nitrogen and oxygen atoms in total. The maximum Gasteiger partial charge on any atom is 0.0883 e. The van der Waals surface area contributed by atoms with E-state index in [1.54, 1.807) is 0 Å². The highest BCUT2D eigenvalue weighted by molar-refractivity contribution is 5.07. The van der Waals surface area contributed by atoms with Crippen molar-refractivity contribution >= 4 is 0 Å². The Kier molecular flexibility index (Phi) is 7.36. The molecule has 21 heavy (non-hydrogen) atoms. The van der Waals surface area contributed by atoms with Crippen LogP contribution >= 0.6 is 0 Å². The Bertz CT molecular complexity index is 389. The van der Waals surface area contributed by atoms with Gasteiger partial charge < -0.3 is 4.90 Å². The van der Waals surface area contributed by atoms with Gasteiger partial charge in [-0.1, -0.05) is 39.8 Å². The number of piperidine rings is 1. The first-order valence-electron chi connectivity index (χ1n) is 8.60. The highest BCUT2D eigenvalue weighted by Crippen LogP contribution is 2.24. The summed E-state index contributed by atoms with van der Waals surface area (Å²) in [4.78, 5) is 2.42. The molecular formula is C17H34N4. The van der Waals surface area contributed by atoms with Crippen LogP contribution in [0.2, 0.25) is 0 Å². The molecule has 1 aromatic rings. The minimum atomic E-state index is 0.145. The lowest BCUT2D eigenvalue weighted by Gasteiger charge is -2.28. The van der Waals surface area contributed by atoms with E-state index in [0.29, 0.717) is 0 Å². The van der Waals surface area contributed by atoms with Crippen molar-refractivity contribution in [3.05, 3.63) is 11.9 Å².